The van der Waals surface area contributed by atoms with Crippen LogP contribution in [0.25, 0.3) is 11.0 Å². The summed E-state index contributed by atoms with van der Waals surface area (Å²) in [6.45, 7) is 9.78. The van der Waals surface area contributed by atoms with Crippen molar-refractivity contribution in [3.8, 4) is 11.5 Å². The monoisotopic (exact) mass is 508 g/mol. The summed E-state index contributed by atoms with van der Waals surface area (Å²) in [7, 11) is 1.61. The average molecular weight is 509 g/mol. The number of fused-ring (bicyclic) bond motifs is 1. The molecule has 2 amide bonds. The third-order valence-electron chi connectivity index (χ3n) is 6.19. The number of pyridine rings is 1. The Hall–Kier alpha value is -3.75. The van der Waals surface area contributed by atoms with Gasteiger partial charge in [0.1, 0.15) is 11.2 Å². The van der Waals surface area contributed by atoms with E-state index in [0.29, 0.717) is 43.4 Å². The lowest BCUT2D eigenvalue weighted by Gasteiger charge is -2.21. The number of ether oxygens (including phenoxy) is 3. The molecule has 3 aromatic rings. The summed E-state index contributed by atoms with van der Waals surface area (Å²) >= 11 is 0. The number of nitrogens with zero attached hydrogens (tertiary/aromatic N) is 4. The summed E-state index contributed by atoms with van der Waals surface area (Å²) in [5, 5.41) is 0.812. The first-order valence-electron chi connectivity index (χ1n) is 12.8. The zero-order valence-electron chi connectivity index (χ0n) is 22.3. The molecule has 198 valence electrons. The van der Waals surface area contributed by atoms with Gasteiger partial charge in [0.05, 0.1) is 13.7 Å². The van der Waals surface area contributed by atoms with Crippen LogP contribution in [0.5, 0.6) is 11.5 Å². The van der Waals surface area contributed by atoms with Crippen LogP contribution in [0.4, 0.5) is 15.3 Å². The number of carbonyl (C=O) groups excluding carboxylic acids is 2. The molecule has 0 radical (unpaired) electrons. The van der Waals surface area contributed by atoms with Crippen LogP contribution in [0.2, 0.25) is 0 Å². The van der Waals surface area contributed by atoms with E-state index >= 15 is 0 Å². The van der Waals surface area contributed by atoms with Crippen LogP contribution in [-0.2, 0) is 11.3 Å². The van der Waals surface area contributed by atoms with Crippen LogP contribution in [0.15, 0.2) is 42.7 Å². The zero-order chi connectivity index (χ0) is 26.6. The zero-order valence-corrected chi connectivity index (χ0v) is 22.3. The van der Waals surface area contributed by atoms with Gasteiger partial charge in [-0.25, -0.2) is 19.1 Å². The van der Waals surface area contributed by atoms with Crippen molar-refractivity contribution in [2.45, 2.75) is 59.1 Å². The third-order valence-corrected chi connectivity index (χ3v) is 6.19. The smallest absolute Gasteiger partial charge is 0.420 e. The van der Waals surface area contributed by atoms with Gasteiger partial charge in [-0.05, 0) is 57.0 Å². The molecule has 4 rings (SSSR count). The summed E-state index contributed by atoms with van der Waals surface area (Å²) in [5.74, 6) is 1.29. The Kier molecular flexibility index (Phi) is 7.90. The summed E-state index contributed by atoms with van der Waals surface area (Å²) < 4.78 is 18.3. The summed E-state index contributed by atoms with van der Waals surface area (Å²) in [6, 6.07) is 9.23. The maximum atomic E-state index is 13.4. The Morgan fingerprint density at radius 1 is 1.08 bits per heavy atom. The van der Waals surface area contributed by atoms with Crippen molar-refractivity contribution in [1.82, 2.24) is 14.5 Å². The number of aromatic nitrogens is 2. The van der Waals surface area contributed by atoms with Crippen molar-refractivity contribution in [1.29, 1.82) is 0 Å². The van der Waals surface area contributed by atoms with Crippen LogP contribution < -0.4 is 14.4 Å². The minimum atomic E-state index is -0.613. The lowest BCUT2D eigenvalue weighted by molar-refractivity contribution is 0.0543. The van der Waals surface area contributed by atoms with Crippen molar-refractivity contribution in [3.05, 3.63) is 48.3 Å². The lowest BCUT2D eigenvalue weighted by Crippen LogP contribution is -2.31. The second kappa shape index (κ2) is 11.1. The van der Waals surface area contributed by atoms with Crippen molar-refractivity contribution >= 4 is 28.8 Å². The molecule has 0 spiro atoms. The van der Waals surface area contributed by atoms with Crippen LogP contribution in [0.3, 0.4) is 0 Å². The van der Waals surface area contributed by atoms with Crippen LogP contribution in [-0.4, -0.2) is 59.0 Å². The molecule has 0 bridgehead atoms. The van der Waals surface area contributed by atoms with Crippen LogP contribution >= 0.6 is 0 Å². The highest BCUT2D eigenvalue weighted by Gasteiger charge is 2.31. The molecule has 3 heterocycles. The maximum Gasteiger partial charge on any atom is 0.420 e. The highest BCUT2D eigenvalue weighted by molar-refractivity contribution is 5.95. The second-order valence-corrected chi connectivity index (χ2v) is 10.1. The first-order chi connectivity index (χ1) is 17.7. The number of amides is 2. The molecule has 37 heavy (non-hydrogen) atoms. The van der Waals surface area contributed by atoms with Crippen molar-refractivity contribution in [2.24, 2.45) is 0 Å². The standard InChI is InChI=1S/C28H36N4O5/c1-6-7-8-17-36-24-18-21(9-10-23(24)35-5)31-16-15-30(26(31)33)19-20-11-13-29-25-22(20)12-14-32(25)27(34)37-28(2,3)4/h9-14,18H,6-8,15-17,19H2,1-5H3. The molecule has 0 atom stereocenters. The van der Waals surface area contributed by atoms with E-state index in [-0.39, 0.29) is 6.03 Å². The largest absolute Gasteiger partial charge is 0.493 e. The number of benzene rings is 1. The Labute approximate surface area is 217 Å². The molecule has 2 aromatic heterocycles. The van der Waals surface area contributed by atoms with Crippen LogP contribution in [0.1, 0.15) is 52.5 Å². The van der Waals surface area contributed by atoms with E-state index in [4.69, 9.17) is 14.2 Å². The van der Waals surface area contributed by atoms with Gasteiger partial charge in [0.15, 0.2) is 11.5 Å². The van der Waals surface area contributed by atoms with Crippen LogP contribution in [0, 0.1) is 0 Å². The highest BCUT2D eigenvalue weighted by atomic mass is 16.6. The van der Waals surface area contributed by atoms with Gasteiger partial charge < -0.3 is 19.1 Å². The van der Waals surface area contributed by atoms with E-state index in [2.05, 4.69) is 11.9 Å². The van der Waals surface area contributed by atoms with E-state index in [0.717, 1.165) is 35.9 Å². The Morgan fingerprint density at radius 2 is 1.89 bits per heavy atom. The number of hydrogen-bond acceptors (Lipinski definition) is 6. The molecule has 0 aliphatic carbocycles. The summed E-state index contributed by atoms with van der Waals surface area (Å²) in [5.41, 5.74) is 1.58. The number of urea groups is 1. The van der Waals surface area contributed by atoms with Gasteiger partial charge in [-0.1, -0.05) is 19.8 Å². The summed E-state index contributed by atoms with van der Waals surface area (Å²) in [4.78, 5) is 33.9. The molecule has 1 aliphatic heterocycles. The molecular formula is C28H36N4O5. The van der Waals surface area contributed by atoms with Gasteiger partial charge in [0.25, 0.3) is 0 Å². The Morgan fingerprint density at radius 3 is 2.62 bits per heavy atom. The summed E-state index contributed by atoms with van der Waals surface area (Å²) in [6.07, 6.45) is 6.02. The van der Waals surface area contributed by atoms with Gasteiger partial charge in [-0.3, -0.25) is 4.90 Å². The fourth-order valence-corrected chi connectivity index (χ4v) is 4.35. The third kappa shape index (κ3) is 5.98. The minimum absolute atomic E-state index is 0.0846. The number of methoxy groups -OCH3 is 1. The number of unbranched alkanes of at least 4 members (excludes halogenated alkanes) is 2. The molecule has 1 fully saturated rings. The van der Waals surface area contributed by atoms with E-state index < -0.39 is 11.7 Å². The average Bonchev–Trinajstić information content (AvgIpc) is 3.45. The van der Waals surface area contributed by atoms with E-state index in [1.54, 1.807) is 29.3 Å². The SMILES string of the molecule is CCCCCOc1cc(N2CCN(Cc3ccnc4c3ccn4C(=O)OC(C)(C)C)C2=O)ccc1OC. The molecule has 9 heteroatoms. The van der Waals surface area contributed by atoms with Crippen molar-refractivity contribution in [2.75, 3.05) is 31.7 Å². The Bertz CT molecular complexity index is 1260. The normalized spacial score (nSPS) is 13.9. The molecule has 1 saturated heterocycles. The van der Waals surface area contributed by atoms with Gasteiger partial charge in [0, 0.05) is 49.2 Å². The first kappa shape index (κ1) is 26.3. The number of anilines is 1. The highest BCUT2D eigenvalue weighted by Crippen LogP contribution is 2.34. The Balaban J connectivity index is 1.49. The van der Waals surface area contributed by atoms with Gasteiger partial charge >= 0.3 is 12.1 Å². The quantitative estimate of drug-likeness (QED) is 0.338. The van der Waals surface area contributed by atoms with Gasteiger partial charge in [0.2, 0.25) is 0 Å². The molecule has 1 aromatic carbocycles. The predicted octanol–water partition coefficient (Wildman–Crippen LogP) is 5.84. The maximum absolute atomic E-state index is 13.4. The molecule has 9 nitrogen and oxygen atoms in total. The topological polar surface area (TPSA) is 86.1 Å². The molecule has 1 aliphatic rings. The fourth-order valence-electron chi connectivity index (χ4n) is 4.35. The molecule has 0 unspecified atom stereocenters. The first-order valence-corrected chi connectivity index (χ1v) is 12.8. The van der Waals surface area contributed by atoms with E-state index in [1.807, 2.05) is 51.1 Å². The number of carbonyl (C=O) groups is 2. The number of rotatable bonds is 9. The lowest BCUT2D eigenvalue weighted by atomic mass is 10.2. The number of hydrogen-bond donors (Lipinski definition) is 0. The van der Waals surface area contributed by atoms with Gasteiger partial charge in [-0.2, -0.15) is 0 Å². The van der Waals surface area contributed by atoms with Crippen molar-refractivity contribution in [3.63, 3.8) is 0 Å². The van der Waals surface area contributed by atoms with Gasteiger partial charge in [-0.15, -0.1) is 0 Å². The fraction of sp³-hybridized carbons (Fsp3) is 0.464. The van der Waals surface area contributed by atoms with E-state index in [9.17, 15) is 9.59 Å². The predicted molar refractivity (Wildman–Crippen MR) is 143 cm³/mol. The minimum Gasteiger partial charge on any atom is -0.493 e. The van der Waals surface area contributed by atoms with Crippen molar-refractivity contribution < 1.29 is 23.8 Å². The molecule has 0 N–H and O–H groups in total. The molecular weight excluding hydrogens is 472 g/mol. The second-order valence-electron chi connectivity index (χ2n) is 10.1. The van der Waals surface area contributed by atoms with E-state index in [1.165, 1.54) is 4.57 Å². The molecule has 0 saturated carbocycles.